The maximum atomic E-state index is 6.15. The minimum atomic E-state index is -0.249. The Kier molecular flexibility index (Phi) is 2.28. The van der Waals surface area contributed by atoms with Crippen LogP contribution in [0.25, 0.3) is 6.58 Å². The zero-order valence-corrected chi connectivity index (χ0v) is 10.6. The van der Waals surface area contributed by atoms with Crippen molar-refractivity contribution >= 4 is 18.3 Å². The van der Waals surface area contributed by atoms with E-state index in [2.05, 4.69) is 17.6 Å². The third-order valence-corrected chi connectivity index (χ3v) is 4.09. The highest BCUT2D eigenvalue weighted by Crippen LogP contribution is 2.38. The molecule has 0 radical (unpaired) electrons. The van der Waals surface area contributed by atoms with Gasteiger partial charge >= 0.3 is 0 Å². The lowest BCUT2D eigenvalue weighted by molar-refractivity contribution is 0.580. The molecule has 0 amide bonds. The van der Waals surface area contributed by atoms with Crippen molar-refractivity contribution in [2.45, 2.75) is 23.8 Å². The normalized spacial score (nSPS) is 26.2. The summed E-state index contributed by atoms with van der Waals surface area (Å²) in [5.74, 6) is 0. The highest BCUT2D eigenvalue weighted by Gasteiger charge is 2.25. The number of nitrogens with two attached hydrogens (primary N) is 1. The Morgan fingerprint density at radius 3 is 3.12 bits per heavy atom. The van der Waals surface area contributed by atoms with Crippen molar-refractivity contribution in [3.8, 4) is 0 Å². The van der Waals surface area contributed by atoms with Crippen LogP contribution in [0, 0.1) is 0 Å². The van der Waals surface area contributed by atoms with Gasteiger partial charge in [-0.3, -0.25) is 0 Å². The van der Waals surface area contributed by atoms with Crippen LogP contribution in [0.2, 0.25) is 0 Å². The number of allylic oxidation sites excluding steroid dienone is 1. The van der Waals surface area contributed by atoms with Crippen LogP contribution in [0.3, 0.4) is 0 Å². The predicted octanol–water partition coefficient (Wildman–Crippen LogP) is 1.71. The molecule has 1 aromatic carbocycles. The van der Waals surface area contributed by atoms with Gasteiger partial charge in [-0.05, 0) is 30.4 Å². The van der Waals surface area contributed by atoms with Gasteiger partial charge in [0.15, 0.2) is 0 Å². The van der Waals surface area contributed by atoms with Crippen LogP contribution in [-0.2, 0) is 0 Å². The Morgan fingerprint density at radius 1 is 1.47 bits per heavy atom. The Hall–Kier alpha value is -1.32. The minimum absolute atomic E-state index is 0.249. The number of thioether (sulfide) groups is 1. The Balaban J connectivity index is 2.12. The molecule has 2 aliphatic rings. The number of benzene rings is 1. The van der Waals surface area contributed by atoms with Gasteiger partial charge in [-0.25, -0.2) is 4.99 Å². The largest absolute Gasteiger partial charge is 0.322 e. The van der Waals surface area contributed by atoms with Gasteiger partial charge in [0.25, 0.3) is 0 Å². The first kappa shape index (κ1) is 10.8. The van der Waals surface area contributed by atoms with Gasteiger partial charge in [-0.2, -0.15) is 0 Å². The second kappa shape index (κ2) is 3.59. The van der Waals surface area contributed by atoms with E-state index in [1.165, 1.54) is 9.80 Å². The quantitative estimate of drug-likeness (QED) is 0.752. The summed E-state index contributed by atoms with van der Waals surface area (Å²) in [5.41, 5.74) is 6.95. The summed E-state index contributed by atoms with van der Waals surface area (Å²) in [6, 6.07) is 6.10. The van der Waals surface area contributed by atoms with Crippen molar-refractivity contribution in [1.82, 2.24) is 0 Å². The molecule has 0 bridgehead atoms. The fourth-order valence-electron chi connectivity index (χ4n) is 2.04. The average molecular weight is 242 g/mol. The molecular weight excluding hydrogens is 228 g/mol. The fraction of sp³-hybridized carbons (Fsp3) is 0.214. The van der Waals surface area contributed by atoms with Crippen molar-refractivity contribution in [1.29, 1.82) is 0 Å². The number of rotatable bonds is 0. The number of nitrogens with zero attached hydrogens (tertiary/aromatic N) is 1. The van der Waals surface area contributed by atoms with E-state index < -0.39 is 0 Å². The molecule has 17 heavy (non-hydrogen) atoms. The van der Waals surface area contributed by atoms with Crippen LogP contribution in [0.1, 0.15) is 13.3 Å². The van der Waals surface area contributed by atoms with E-state index in [0.717, 1.165) is 22.7 Å². The molecule has 0 fully saturated rings. The van der Waals surface area contributed by atoms with Gasteiger partial charge in [-0.15, -0.1) is 0 Å². The summed E-state index contributed by atoms with van der Waals surface area (Å²) in [5, 5.41) is 2.06. The van der Waals surface area contributed by atoms with Gasteiger partial charge < -0.3 is 5.73 Å². The molecule has 86 valence electrons. The molecule has 1 aliphatic carbocycles. The van der Waals surface area contributed by atoms with Gasteiger partial charge in [0, 0.05) is 21.8 Å². The first-order valence-electron chi connectivity index (χ1n) is 5.60. The van der Waals surface area contributed by atoms with Crippen LogP contribution >= 0.6 is 11.8 Å². The molecular formula is C14H14N2S. The lowest BCUT2D eigenvalue weighted by Gasteiger charge is -2.28. The summed E-state index contributed by atoms with van der Waals surface area (Å²) in [4.78, 5) is 7.11. The number of hydrogen-bond acceptors (Lipinski definition) is 3. The Morgan fingerprint density at radius 2 is 2.29 bits per heavy atom. The van der Waals surface area contributed by atoms with E-state index >= 15 is 0 Å². The van der Waals surface area contributed by atoms with E-state index in [1.807, 2.05) is 31.2 Å². The van der Waals surface area contributed by atoms with Gasteiger partial charge in [0.2, 0.25) is 0 Å². The third kappa shape index (κ3) is 1.96. The summed E-state index contributed by atoms with van der Waals surface area (Å²) in [7, 11) is 0. The number of hydrogen-bond donors (Lipinski definition) is 1. The standard InChI is InChI=1S/C14H14N2S/c1-9-3-4-10-12(7-9)17-13-8-14(2,15)6-5-11(13)16-10/h3-7H,1,8,15H2,2H3. The highest BCUT2D eigenvalue weighted by atomic mass is 32.2. The van der Waals surface area contributed by atoms with Crippen molar-refractivity contribution in [3.63, 3.8) is 0 Å². The first-order chi connectivity index (χ1) is 8.03. The van der Waals surface area contributed by atoms with Crippen molar-refractivity contribution in [2.24, 2.45) is 10.7 Å². The lowest BCUT2D eigenvalue weighted by atomic mass is 9.93. The molecule has 1 aliphatic heterocycles. The molecule has 2 N–H and O–H groups in total. The summed E-state index contributed by atoms with van der Waals surface area (Å²) >= 11 is 1.77. The molecule has 0 saturated carbocycles. The number of fused-ring (bicyclic) bond motifs is 1. The summed E-state index contributed by atoms with van der Waals surface area (Å²) in [6.45, 7) is 5.99. The van der Waals surface area contributed by atoms with Crippen LogP contribution in [-0.4, -0.2) is 5.54 Å². The minimum Gasteiger partial charge on any atom is -0.322 e. The fourth-order valence-corrected chi connectivity index (χ4v) is 3.34. The van der Waals surface area contributed by atoms with Crippen LogP contribution in [0.15, 0.2) is 50.8 Å². The van der Waals surface area contributed by atoms with Crippen molar-refractivity contribution in [2.75, 3.05) is 0 Å². The van der Waals surface area contributed by atoms with Crippen LogP contribution < -0.4 is 16.3 Å². The molecule has 3 rings (SSSR count). The monoisotopic (exact) mass is 242 g/mol. The molecule has 0 spiro atoms. The van der Waals surface area contributed by atoms with Crippen molar-refractivity contribution < 1.29 is 0 Å². The first-order valence-corrected chi connectivity index (χ1v) is 6.42. The van der Waals surface area contributed by atoms with E-state index in [0.29, 0.717) is 0 Å². The molecule has 1 aromatic rings. The van der Waals surface area contributed by atoms with E-state index in [1.54, 1.807) is 11.8 Å². The second-order valence-corrected chi connectivity index (χ2v) is 5.98. The predicted molar refractivity (Wildman–Crippen MR) is 72.0 cm³/mol. The highest BCUT2D eigenvalue weighted by molar-refractivity contribution is 8.03. The molecule has 1 atom stereocenters. The zero-order chi connectivity index (χ0) is 12.0. The maximum absolute atomic E-state index is 6.15. The van der Waals surface area contributed by atoms with E-state index in [4.69, 9.17) is 5.73 Å². The van der Waals surface area contributed by atoms with Gasteiger partial charge in [0.1, 0.15) is 0 Å². The third-order valence-electron chi connectivity index (χ3n) is 2.95. The van der Waals surface area contributed by atoms with Gasteiger partial charge in [0.05, 0.1) is 11.1 Å². The molecule has 1 unspecified atom stereocenters. The smallest absolute Gasteiger partial charge is 0.0776 e. The zero-order valence-electron chi connectivity index (χ0n) is 9.73. The maximum Gasteiger partial charge on any atom is 0.0776 e. The average Bonchev–Trinajstić information content (AvgIpc) is 2.25. The lowest BCUT2D eigenvalue weighted by Crippen LogP contribution is -2.36. The topological polar surface area (TPSA) is 38.4 Å². The van der Waals surface area contributed by atoms with Crippen molar-refractivity contribution in [3.05, 3.63) is 51.5 Å². The van der Waals surface area contributed by atoms with E-state index in [9.17, 15) is 0 Å². The molecule has 0 saturated heterocycles. The SMILES string of the molecule is C=c1ccc2c(c1)SC1=C(C=CC(C)(N)C1)N=2. The molecule has 1 heterocycles. The molecule has 3 heteroatoms. The summed E-state index contributed by atoms with van der Waals surface area (Å²) in [6.07, 6.45) is 4.93. The summed E-state index contributed by atoms with van der Waals surface area (Å²) < 4.78 is 0. The van der Waals surface area contributed by atoms with Crippen LogP contribution in [0.4, 0.5) is 0 Å². The molecule has 2 nitrogen and oxygen atoms in total. The second-order valence-electron chi connectivity index (χ2n) is 4.84. The van der Waals surface area contributed by atoms with Crippen LogP contribution in [0.5, 0.6) is 0 Å². The Labute approximate surface area is 105 Å². The van der Waals surface area contributed by atoms with E-state index in [-0.39, 0.29) is 5.54 Å². The van der Waals surface area contributed by atoms with Gasteiger partial charge in [-0.1, -0.05) is 30.5 Å². The molecule has 0 aromatic heterocycles. The Bertz CT molecular complexity index is 653.